The van der Waals surface area contributed by atoms with Gasteiger partial charge >= 0.3 is 0 Å². The fraction of sp³-hybridized carbons (Fsp3) is 0.409. The lowest BCUT2D eigenvalue weighted by Gasteiger charge is -2.24. The summed E-state index contributed by atoms with van der Waals surface area (Å²) in [6, 6.07) is 14.1. The van der Waals surface area contributed by atoms with Crippen molar-refractivity contribution in [2.45, 2.75) is 32.1 Å². The highest BCUT2D eigenvalue weighted by molar-refractivity contribution is 6.42. The molecule has 2 aromatic rings. The van der Waals surface area contributed by atoms with E-state index >= 15 is 0 Å². The molecule has 0 aliphatic carbocycles. The Morgan fingerprint density at radius 3 is 2.56 bits per heavy atom. The molecular weight excluding hydrogens is 379 g/mol. The summed E-state index contributed by atoms with van der Waals surface area (Å²) >= 11 is 12.0. The van der Waals surface area contributed by atoms with Crippen molar-refractivity contribution < 1.29 is 4.79 Å². The maximum absolute atomic E-state index is 12.6. The van der Waals surface area contributed by atoms with Crippen LogP contribution in [0.1, 0.15) is 36.8 Å². The van der Waals surface area contributed by atoms with Gasteiger partial charge in [-0.15, -0.1) is 0 Å². The van der Waals surface area contributed by atoms with Gasteiger partial charge in [-0.25, -0.2) is 0 Å². The molecule has 5 heteroatoms. The van der Waals surface area contributed by atoms with Crippen LogP contribution in [-0.4, -0.2) is 37.5 Å². The summed E-state index contributed by atoms with van der Waals surface area (Å²) in [5.74, 6) is 0.353. The summed E-state index contributed by atoms with van der Waals surface area (Å²) in [4.78, 5) is 16.8. The Labute approximate surface area is 171 Å². The molecule has 3 nitrogen and oxygen atoms in total. The second kappa shape index (κ2) is 8.99. The highest BCUT2D eigenvalue weighted by atomic mass is 35.5. The van der Waals surface area contributed by atoms with E-state index in [1.54, 1.807) is 17.0 Å². The molecule has 0 bridgehead atoms. The third-order valence-electron chi connectivity index (χ3n) is 5.22. The zero-order valence-corrected chi connectivity index (χ0v) is 17.4. The summed E-state index contributed by atoms with van der Waals surface area (Å²) in [6.07, 6.45) is 2.87. The fourth-order valence-electron chi connectivity index (χ4n) is 3.58. The monoisotopic (exact) mass is 404 g/mol. The third-order valence-corrected chi connectivity index (χ3v) is 5.96. The van der Waals surface area contributed by atoms with E-state index in [9.17, 15) is 4.79 Å². The van der Waals surface area contributed by atoms with Gasteiger partial charge in [0.1, 0.15) is 0 Å². The number of hydrogen-bond acceptors (Lipinski definition) is 2. The molecule has 0 N–H and O–H groups in total. The van der Waals surface area contributed by atoms with E-state index in [-0.39, 0.29) is 11.8 Å². The van der Waals surface area contributed by atoms with Crippen molar-refractivity contribution in [3.63, 3.8) is 0 Å². The van der Waals surface area contributed by atoms with Crippen LogP contribution in [0, 0.1) is 0 Å². The maximum Gasteiger partial charge on any atom is 0.226 e. The zero-order chi connectivity index (χ0) is 19.4. The molecule has 1 atom stereocenters. The Morgan fingerprint density at radius 2 is 1.85 bits per heavy atom. The molecule has 2 aromatic carbocycles. The molecule has 1 fully saturated rings. The van der Waals surface area contributed by atoms with Crippen molar-refractivity contribution in [1.29, 1.82) is 0 Å². The van der Waals surface area contributed by atoms with E-state index < -0.39 is 0 Å². The smallest absolute Gasteiger partial charge is 0.226 e. The second-order valence-electron chi connectivity index (χ2n) is 7.39. The highest BCUT2D eigenvalue weighted by Gasteiger charge is 2.17. The van der Waals surface area contributed by atoms with Gasteiger partial charge in [0.25, 0.3) is 0 Å². The van der Waals surface area contributed by atoms with Crippen LogP contribution in [0.2, 0.25) is 10.0 Å². The normalized spacial score (nSPS) is 15.0. The van der Waals surface area contributed by atoms with Crippen molar-refractivity contribution in [3.05, 3.63) is 63.6 Å². The van der Waals surface area contributed by atoms with Gasteiger partial charge in [-0.1, -0.05) is 48.3 Å². The SMILES string of the molecule is CC(CN(C)C(=O)Cc1ccc(Cl)c(Cl)c1)c1cccc(N2CCCC2)c1. The van der Waals surface area contributed by atoms with Crippen LogP contribution >= 0.6 is 23.2 Å². The van der Waals surface area contributed by atoms with Gasteiger partial charge < -0.3 is 9.80 Å². The standard InChI is InChI=1S/C22H26Cl2N2O/c1-16(18-6-5-7-19(14-18)26-10-3-4-11-26)15-25(2)22(27)13-17-8-9-20(23)21(24)12-17/h5-9,12,14,16H,3-4,10-11,13,15H2,1-2H3. The number of benzene rings is 2. The highest BCUT2D eigenvalue weighted by Crippen LogP contribution is 2.26. The first-order valence-electron chi connectivity index (χ1n) is 9.47. The fourth-order valence-corrected chi connectivity index (χ4v) is 3.90. The van der Waals surface area contributed by atoms with Crippen molar-refractivity contribution in [2.24, 2.45) is 0 Å². The molecule has 1 aliphatic heterocycles. The molecule has 1 aliphatic rings. The predicted octanol–water partition coefficient (Wildman–Crippen LogP) is 5.40. The van der Waals surface area contributed by atoms with Crippen molar-refractivity contribution in [1.82, 2.24) is 4.90 Å². The van der Waals surface area contributed by atoms with Crippen molar-refractivity contribution >= 4 is 34.8 Å². The van der Waals surface area contributed by atoms with E-state index in [2.05, 4.69) is 36.1 Å². The molecule has 0 aromatic heterocycles. The Morgan fingerprint density at radius 1 is 1.11 bits per heavy atom. The summed E-state index contributed by atoms with van der Waals surface area (Å²) < 4.78 is 0. The van der Waals surface area contributed by atoms with Gasteiger partial charge in [-0.2, -0.15) is 0 Å². The number of carbonyl (C=O) groups excluding carboxylic acids is 1. The molecule has 0 radical (unpaired) electrons. The maximum atomic E-state index is 12.6. The summed E-state index contributed by atoms with van der Waals surface area (Å²) in [6.45, 7) is 5.13. The van der Waals surface area contributed by atoms with E-state index in [4.69, 9.17) is 23.2 Å². The number of hydrogen-bond donors (Lipinski definition) is 0. The van der Waals surface area contributed by atoms with E-state index in [1.807, 2.05) is 13.1 Å². The molecule has 0 spiro atoms. The third kappa shape index (κ3) is 5.18. The molecule has 27 heavy (non-hydrogen) atoms. The summed E-state index contributed by atoms with van der Waals surface area (Å²) in [5, 5.41) is 0.990. The van der Waals surface area contributed by atoms with E-state index in [0.717, 1.165) is 18.7 Å². The number of nitrogens with zero attached hydrogens (tertiary/aromatic N) is 2. The molecule has 144 valence electrons. The average molecular weight is 405 g/mol. The Bertz CT molecular complexity index is 803. The minimum atomic E-state index is 0.0796. The molecule has 1 amide bonds. The molecule has 3 rings (SSSR count). The second-order valence-corrected chi connectivity index (χ2v) is 8.20. The van der Waals surface area contributed by atoms with E-state index in [1.165, 1.54) is 24.1 Å². The van der Waals surface area contributed by atoms with Crippen molar-refractivity contribution in [2.75, 3.05) is 31.6 Å². The minimum Gasteiger partial charge on any atom is -0.372 e. The van der Waals surface area contributed by atoms with Crippen LogP contribution < -0.4 is 4.90 Å². The topological polar surface area (TPSA) is 23.6 Å². The summed E-state index contributed by atoms with van der Waals surface area (Å²) in [5.41, 5.74) is 3.44. The van der Waals surface area contributed by atoms with Gasteiger partial charge in [0, 0.05) is 32.4 Å². The summed E-state index contributed by atoms with van der Waals surface area (Å²) in [7, 11) is 1.86. The first kappa shape index (κ1) is 20.0. The Kier molecular flexibility index (Phi) is 6.67. The lowest BCUT2D eigenvalue weighted by molar-refractivity contribution is -0.129. The number of rotatable bonds is 6. The lowest BCUT2D eigenvalue weighted by Crippen LogP contribution is -2.31. The molecule has 1 heterocycles. The van der Waals surface area contributed by atoms with Gasteiger partial charge in [0.05, 0.1) is 16.5 Å². The average Bonchev–Trinajstić information content (AvgIpc) is 3.19. The number of anilines is 1. The molecule has 0 saturated carbocycles. The quantitative estimate of drug-likeness (QED) is 0.643. The molecule has 1 unspecified atom stereocenters. The number of likely N-dealkylation sites (N-methyl/N-ethyl adjacent to an activating group) is 1. The van der Waals surface area contributed by atoms with Crippen LogP contribution in [0.15, 0.2) is 42.5 Å². The van der Waals surface area contributed by atoms with E-state index in [0.29, 0.717) is 23.0 Å². The van der Waals surface area contributed by atoms with Gasteiger partial charge in [-0.05, 0) is 54.2 Å². The van der Waals surface area contributed by atoms with Gasteiger partial charge in [0.2, 0.25) is 5.91 Å². The van der Waals surface area contributed by atoms with Crippen LogP contribution in [0.3, 0.4) is 0 Å². The first-order chi connectivity index (χ1) is 12.9. The largest absolute Gasteiger partial charge is 0.372 e. The molecule has 1 saturated heterocycles. The van der Waals surface area contributed by atoms with Crippen LogP contribution in [0.5, 0.6) is 0 Å². The number of carbonyl (C=O) groups is 1. The Balaban J connectivity index is 1.61. The van der Waals surface area contributed by atoms with Crippen molar-refractivity contribution in [3.8, 4) is 0 Å². The lowest BCUT2D eigenvalue weighted by atomic mass is 9.99. The predicted molar refractivity (Wildman–Crippen MR) is 114 cm³/mol. The minimum absolute atomic E-state index is 0.0796. The van der Waals surface area contributed by atoms with Crippen LogP contribution in [0.4, 0.5) is 5.69 Å². The Hall–Kier alpha value is -1.71. The molecular formula is C22H26Cl2N2O. The van der Waals surface area contributed by atoms with Crippen LogP contribution in [0.25, 0.3) is 0 Å². The number of amides is 1. The van der Waals surface area contributed by atoms with Gasteiger partial charge in [-0.3, -0.25) is 4.79 Å². The zero-order valence-electron chi connectivity index (χ0n) is 15.9. The van der Waals surface area contributed by atoms with Gasteiger partial charge in [0.15, 0.2) is 0 Å². The van der Waals surface area contributed by atoms with Crippen LogP contribution in [-0.2, 0) is 11.2 Å². The number of halogens is 2. The first-order valence-corrected chi connectivity index (χ1v) is 10.2.